The van der Waals surface area contributed by atoms with Gasteiger partial charge in [-0.15, -0.1) is 11.2 Å². The Kier molecular flexibility index (Phi) is 24.9. The third-order valence-corrected chi connectivity index (χ3v) is 24.9. The lowest BCUT2D eigenvalue weighted by Crippen LogP contribution is -2.75. The van der Waals surface area contributed by atoms with Crippen molar-refractivity contribution in [1.82, 2.24) is 9.97 Å². The summed E-state index contributed by atoms with van der Waals surface area (Å²) >= 11 is 14.4. The highest BCUT2D eigenvalue weighted by Crippen LogP contribution is 2.32. The van der Waals surface area contributed by atoms with Crippen molar-refractivity contribution in [2.75, 3.05) is 0 Å². The molecule has 0 unspecified atom stereocenters. The lowest BCUT2D eigenvalue weighted by molar-refractivity contribution is -0.138. The molecule has 0 fully saturated rings. The van der Waals surface area contributed by atoms with Crippen LogP contribution in [0.25, 0.3) is 11.4 Å². The van der Waals surface area contributed by atoms with E-state index >= 15 is 0 Å². The first-order valence-corrected chi connectivity index (χ1v) is 41.2. The molecule has 2 aromatic heterocycles. The van der Waals surface area contributed by atoms with Crippen molar-refractivity contribution in [3.63, 3.8) is 0 Å². The van der Waals surface area contributed by atoms with Gasteiger partial charge in [-0.1, -0.05) is 470 Å². The average molecular weight is 1810 g/mol. The van der Waals surface area contributed by atoms with Crippen LogP contribution in [0.3, 0.4) is 0 Å². The minimum atomic E-state index is -4.64. The lowest BCUT2D eigenvalue weighted by atomic mass is 9.13. The Hall–Kier alpha value is -11.1. The summed E-state index contributed by atoms with van der Waals surface area (Å²) in [7, 11) is 0. The molecular formula is C98H71B4Br4F9N2-4. The summed E-state index contributed by atoms with van der Waals surface area (Å²) in [6.07, 6.45) is -21.0. The van der Waals surface area contributed by atoms with E-state index in [1.165, 1.54) is 91.0 Å². The fourth-order valence-electron chi connectivity index (χ4n) is 17.4. The highest BCUT2D eigenvalue weighted by Gasteiger charge is 2.40. The first kappa shape index (κ1) is 82.5. The molecule has 2 heterocycles. The van der Waals surface area contributed by atoms with Crippen LogP contribution in [0.5, 0.6) is 0 Å². The monoisotopic (exact) mass is 1810 g/mol. The molecule has 0 atom stereocenters. The topological polar surface area (TPSA) is 25.8 Å². The van der Waals surface area contributed by atoms with E-state index < -0.39 is 59.8 Å². The van der Waals surface area contributed by atoms with E-state index in [9.17, 15) is 39.5 Å². The highest BCUT2D eigenvalue weighted by molar-refractivity contribution is 9.11. The van der Waals surface area contributed by atoms with Gasteiger partial charge in [0.25, 0.3) is 0 Å². The molecule has 0 N–H and O–H groups in total. The Balaban J connectivity index is 0.000000150. The van der Waals surface area contributed by atoms with Gasteiger partial charge >= 0.3 is 18.5 Å². The number of hydrogen-bond acceptors (Lipinski definition) is 2. The van der Waals surface area contributed by atoms with Crippen LogP contribution in [0.4, 0.5) is 39.5 Å². The van der Waals surface area contributed by atoms with Gasteiger partial charge in [-0.05, 0) is 19.1 Å². The number of alkyl halides is 9. The van der Waals surface area contributed by atoms with E-state index in [4.69, 9.17) is 9.97 Å². The zero-order valence-electron chi connectivity index (χ0n) is 62.9. The van der Waals surface area contributed by atoms with Gasteiger partial charge in [0.2, 0.25) is 0 Å². The zero-order chi connectivity index (χ0) is 82.0. The van der Waals surface area contributed by atoms with Crippen molar-refractivity contribution in [3.05, 3.63) is 453 Å². The van der Waals surface area contributed by atoms with Crippen LogP contribution in [-0.2, 0) is 18.5 Å². The Labute approximate surface area is 709 Å². The Morgan fingerprint density at radius 2 is 0.359 bits per heavy atom. The number of benzene rings is 14. The molecule has 0 aliphatic carbocycles. The van der Waals surface area contributed by atoms with E-state index in [-0.39, 0.29) is 0 Å². The van der Waals surface area contributed by atoms with Gasteiger partial charge in [0.1, 0.15) is 24.6 Å². The summed E-state index contributed by atoms with van der Waals surface area (Å²) in [5.74, 6) is 0. The Morgan fingerprint density at radius 1 is 0.188 bits per heavy atom. The summed E-state index contributed by atoms with van der Waals surface area (Å²) in [6, 6.07) is 132. The van der Waals surface area contributed by atoms with Crippen LogP contribution in [0, 0.1) is 6.92 Å². The quantitative estimate of drug-likeness (QED) is 0.0671. The van der Waals surface area contributed by atoms with E-state index in [0.29, 0.717) is 21.9 Å². The van der Waals surface area contributed by atoms with Crippen LogP contribution in [0.2, 0.25) is 0 Å². The maximum atomic E-state index is 13.3. The summed E-state index contributed by atoms with van der Waals surface area (Å²) < 4.78 is 124. The predicted octanol–water partition coefficient (Wildman–Crippen LogP) is 17.4. The standard InChI is InChI=1S/C46H36B2N2.C28H19BF9.C24H16BBr4/c1-7-21-37(22-8-1)47(38-23-9-2-10-24-38,39-25-11-3-12-26-39)45-35-19-33-43(49-45)44-34-20-36-46(50-44)48(40-27-13-4-14-28-40,41-29-15-5-16-30-41)42-31-17-6-18-32-42;1-18-2-10-22(11-3-18)29(23-12-4-19(5-13-23)26(30,31)32,24-14-6-20(7-15-24)27(33,34)35)25-16-8-21(9-17-25)28(36,37)38;26-21-9-1-17(2-10-21)25(18-3-11-22(27)12-4-18,19-5-13-23(28)14-6-19)20-7-15-24(29)16-8-20/h1-36H;2-17H,1H3;1-16H/q-2;2*-1. The van der Waals surface area contributed by atoms with Gasteiger partial charge in [-0.25, -0.2) is 0 Å². The minimum absolute atomic E-state index is 0.293. The molecule has 580 valence electrons. The van der Waals surface area contributed by atoms with E-state index in [0.717, 1.165) is 82.4 Å². The molecule has 117 heavy (non-hydrogen) atoms. The second-order valence-electron chi connectivity index (χ2n) is 29.3. The summed E-state index contributed by atoms with van der Waals surface area (Å²) in [4.78, 5) is 11.1. The van der Waals surface area contributed by atoms with Gasteiger partial charge in [0.15, 0.2) is 0 Å². The van der Waals surface area contributed by atoms with Crippen LogP contribution in [-0.4, -0.2) is 34.6 Å². The minimum Gasteiger partial charge on any atom is -0.292 e. The second-order valence-corrected chi connectivity index (χ2v) is 33.0. The number of aryl methyl sites for hydroxylation is 1. The molecule has 0 aliphatic rings. The first-order valence-electron chi connectivity index (χ1n) is 38.0. The molecule has 19 heteroatoms. The second kappa shape index (κ2) is 35.4. The van der Waals surface area contributed by atoms with Gasteiger partial charge in [0, 0.05) is 17.9 Å². The van der Waals surface area contributed by atoms with Crippen LogP contribution >= 0.6 is 63.7 Å². The van der Waals surface area contributed by atoms with E-state index in [1.807, 2.05) is 0 Å². The molecule has 0 aliphatic heterocycles. The third kappa shape index (κ3) is 17.1. The number of hydrogen-bond donors (Lipinski definition) is 0. The van der Waals surface area contributed by atoms with Crippen LogP contribution in [0.15, 0.2) is 430 Å². The van der Waals surface area contributed by atoms with Gasteiger partial charge in [-0.2, -0.15) is 116 Å². The number of pyridine rings is 2. The fourth-order valence-corrected chi connectivity index (χ4v) is 18.4. The molecule has 2 nitrogen and oxygen atoms in total. The maximum absolute atomic E-state index is 13.3. The lowest BCUT2D eigenvalue weighted by Gasteiger charge is -2.44. The normalized spacial score (nSPS) is 12.0. The number of rotatable bonds is 17. The van der Waals surface area contributed by atoms with Gasteiger partial charge in [-0.3, -0.25) is 9.97 Å². The zero-order valence-corrected chi connectivity index (χ0v) is 69.2. The number of nitrogens with zero attached hydrogens (tertiary/aromatic N) is 2. The molecule has 0 bridgehead atoms. The Bertz CT molecular complexity index is 5270. The predicted molar refractivity (Wildman–Crippen MR) is 485 cm³/mol. The fraction of sp³-hybridized carbons (Fsp3) is 0.0408. The molecule has 0 amide bonds. The molecule has 0 radical (unpaired) electrons. The molecule has 0 spiro atoms. The SMILES string of the molecule is Brc1ccc([B-](c2ccc(Br)cc2)(c2ccc(Br)cc2)c2ccc(Br)cc2)cc1.Cc1ccc([B-](c2ccc(C(F)(F)F)cc2)(c2ccc(C(F)(F)F)cc2)c2ccc(C(F)(F)F)cc2)cc1.c1ccc([B-](c2ccccc2)(c2ccccc2)c2cccc(-c3cccc([B-](c4ccccc4)(c4ccccc4)c4ccccc4)n3)n2)cc1. The number of aromatic nitrogens is 2. The highest BCUT2D eigenvalue weighted by atomic mass is 79.9. The van der Waals surface area contributed by atoms with Crippen molar-refractivity contribution >= 4 is 176 Å². The van der Waals surface area contributed by atoms with E-state index in [1.54, 1.807) is 31.2 Å². The molecule has 0 saturated carbocycles. The Morgan fingerprint density at radius 3 is 0.547 bits per heavy atom. The summed E-state index contributed by atoms with van der Waals surface area (Å²) in [5, 5.41) is 0. The molecule has 16 aromatic rings. The number of halogens is 13. The largest absolute Gasteiger partial charge is 0.416 e. The van der Waals surface area contributed by atoms with Crippen LogP contribution < -0.4 is 87.7 Å². The molecule has 14 aromatic carbocycles. The van der Waals surface area contributed by atoms with Gasteiger partial charge < -0.3 is 0 Å². The van der Waals surface area contributed by atoms with Crippen molar-refractivity contribution < 1.29 is 39.5 Å². The smallest absolute Gasteiger partial charge is 0.292 e. The summed E-state index contributed by atoms with van der Waals surface area (Å²) in [6.45, 7) is 1.80. The maximum Gasteiger partial charge on any atom is 0.416 e. The van der Waals surface area contributed by atoms with Crippen molar-refractivity contribution in [2.24, 2.45) is 0 Å². The van der Waals surface area contributed by atoms with Crippen molar-refractivity contribution in [3.8, 4) is 11.4 Å². The third-order valence-electron chi connectivity index (χ3n) is 22.8. The van der Waals surface area contributed by atoms with Crippen LogP contribution in [0.1, 0.15) is 22.3 Å². The average Bonchev–Trinajstić information content (AvgIpc) is 0.739. The molecular weight excluding hydrogens is 1740 g/mol. The van der Waals surface area contributed by atoms with E-state index in [2.05, 4.69) is 379 Å². The first-order chi connectivity index (χ1) is 56.4. The van der Waals surface area contributed by atoms with Crippen molar-refractivity contribution in [1.29, 1.82) is 0 Å². The van der Waals surface area contributed by atoms with Crippen molar-refractivity contribution in [2.45, 2.75) is 25.5 Å². The summed E-state index contributed by atoms with van der Waals surface area (Å²) in [5.41, 5.74) is 15.5. The molecule has 16 rings (SSSR count). The molecule has 0 saturated heterocycles. The van der Waals surface area contributed by atoms with Gasteiger partial charge in [0.05, 0.1) is 28.1 Å².